The molecule has 0 spiro atoms. The van der Waals surface area contributed by atoms with Crippen LogP contribution in [0.5, 0.6) is 0 Å². The molecule has 1 rings (SSSR count). The van der Waals surface area contributed by atoms with Crippen LogP contribution in [-0.2, 0) is 14.8 Å². The highest BCUT2D eigenvalue weighted by Crippen LogP contribution is 2.10. The van der Waals surface area contributed by atoms with Gasteiger partial charge in [-0.15, -0.1) is 11.6 Å². The van der Waals surface area contributed by atoms with Gasteiger partial charge in [0, 0.05) is 13.7 Å². The van der Waals surface area contributed by atoms with E-state index in [2.05, 4.69) is 4.72 Å². The number of hydrogen-bond acceptors (Lipinski definition) is 3. The molecule has 0 heterocycles. The Labute approximate surface area is 113 Å². The first kappa shape index (κ1) is 15.4. The zero-order valence-corrected chi connectivity index (χ0v) is 12.1. The summed E-state index contributed by atoms with van der Waals surface area (Å²) >= 11 is 5.92. The lowest BCUT2D eigenvalue weighted by molar-refractivity contribution is 0.196. The first-order valence-electron chi connectivity index (χ1n) is 5.65. The Bertz CT molecular complexity index is 459. The van der Waals surface area contributed by atoms with Gasteiger partial charge in [-0.2, -0.15) is 0 Å². The van der Waals surface area contributed by atoms with Crippen molar-refractivity contribution in [2.45, 2.75) is 23.6 Å². The summed E-state index contributed by atoms with van der Waals surface area (Å²) in [6.45, 7) is 2.62. The molecule has 0 amide bonds. The van der Waals surface area contributed by atoms with E-state index < -0.39 is 10.0 Å². The number of sulfonamides is 1. The molecule has 0 saturated heterocycles. The van der Waals surface area contributed by atoms with Crippen LogP contribution in [0.4, 0.5) is 0 Å². The summed E-state index contributed by atoms with van der Waals surface area (Å²) in [5.74, 6) is 0. The molecule has 1 N–H and O–H groups in total. The molecule has 1 unspecified atom stereocenters. The summed E-state index contributed by atoms with van der Waals surface area (Å²) in [4.78, 5) is 0.269. The maximum Gasteiger partial charge on any atom is 0.240 e. The predicted octanol–water partition coefficient (Wildman–Crippen LogP) is 1.92. The van der Waals surface area contributed by atoms with E-state index in [9.17, 15) is 8.42 Å². The van der Waals surface area contributed by atoms with Gasteiger partial charge in [-0.05, 0) is 25.5 Å². The van der Waals surface area contributed by atoms with Crippen LogP contribution in [0.15, 0.2) is 29.2 Å². The zero-order chi connectivity index (χ0) is 13.6. The lowest BCUT2D eigenvalue weighted by atomic mass is 10.2. The molecule has 0 fully saturated rings. The second-order valence-corrected chi connectivity index (χ2v) is 6.44. The highest BCUT2D eigenvalue weighted by atomic mass is 35.5. The van der Waals surface area contributed by atoms with Crippen molar-refractivity contribution in [2.75, 3.05) is 20.3 Å². The standard InChI is InChI=1S/C12H18ClNO3S/c1-10-3-5-12(6-4-10)18(15,16)14-8-7-11(13)9-17-2/h3-6,11,14H,7-9H2,1-2H3. The predicted molar refractivity (Wildman–Crippen MR) is 72.5 cm³/mol. The minimum atomic E-state index is -3.44. The molecule has 6 heteroatoms. The summed E-state index contributed by atoms with van der Waals surface area (Å²) in [6, 6.07) is 6.71. The van der Waals surface area contributed by atoms with Crippen molar-refractivity contribution >= 4 is 21.6 Å². The molecule has 0 aliphatic heterocycles. The maximum atomic E-state index is 11.9. The maximum absolute atomic E-state index is 11.9. The lowest BCUT2D eigenvalue weighted by Gasteiger charge is -2.10. The fourth-order valence-electron chi connectivity index (χ4n) is 1.41. The molecule has 1 atom stereocenters. The fourth-order valence-corrected chi connectivity index (χ4v) is 2.70. The minimum Gasteiger partial charge on any atom is -0.383 e. The number of ether oxygens (including phenoxy) is 1. The fraction of sp³-hybridized carbons (Fsp3) is 0.500. The number of alkyl halides is 1. The van der Waals surface area contributed by atoms with E-state index in [1.165, 1.54) is 0 Å². The van der Waals surface area contributed by atoms with Gasteiger partial charge in [0.15, 0.2) is 0 Å². The molecular formula is C12H18ClNO3S. The second kappa shape index (κ2) is 7.09. The Hall–Kier alpha value is -0.620. The van der Waals surface area contributed by atoms with Gasteiger partial charge < -0.3 is 4.74 Å². The highest BCUT2D eigenvalue weighted by molar-refractivity contribution is 7.89. The molecule has 0 saturated carbocycles. The molecular weight excluding hydrogens is 274 g/mol. The SMILES string of the molecule is COCC(Cl)CCNS(=O)(=O)c1ccc(C)cc1. The van der Waals surface area contributed by atoms with Gasteiger partial charge >= 0.3 is 0 Å². The van der Waals surface area contributed by atoms with Gasteiger partial charge in [-0.1, -0.05) is 17.7 Å². The van der Waals surface area contributed by atoms with E-state index >= 15 is 0 Å². The normalized spacial score (nSPS) is 13.5. The number of halogens is 1. The van der Waals surface area contributed by atoms with Crippen molar-refractivity contribution in [2.24, 2.45) is 0 Å². The quantitative estimate of drug-likeness (QED) is 0.781. The van der Waals surface area contributed by atoms with Crippen LogP contribution in [0, 0.1) is 6.92 Å². The molecule has 0 bridgehead atoms. The third-order valence-corrected chi connectivity index (χ3v) is 4.25. The average Bonchev–Trinajstić information content (AvgIpc) is 2.29. The Balaban J connectivity index is 2.52. The summed E-state index contributed by atoms with van der Waals surface area (Å²) in [5.41, 5.74) is 1.02. The molecule has 1 aromatic carbocycles. The van der Waals surface area contributed by atoms with Gasteiger partial charge in [0.25, 0.3) is 0 Å². The van der Waals surface area contributed by atoms with Crippen LogP contribution in [0.3, 0.4) is 0 Å². The lowest BCUT2D eigenvalue weighted by Crippen LogP contribution is -2.27. The molecule has 4 nitrogen and oxygen atoms in total. The molecule has 0 radical (unpaired) electrons. The van der Waals surface area contributed by atoms with Crippen molar-refractivity contribution in [1.29, 1.82) is 0 Å². The molecule has 102 valence electrons. The first-order chi connectivity index (χ1) is 8.45. The molecule has 18 heavy (non-hydrogen) atoms. The van der Waals surface area contributed by atoms with E-state index in [0.717, 1.165) is 5.56 Å². The summed E-state index contributed by atoms with van der Waals surface area (Å²) < 4.78 is 31.2. The molecule has 1 aromatic rings. The number of nitrogens with one attached hydrogen (secondary N) is 1. The third-order valence-electron chi connectivity index (χ3n) is 2.43. The smallest absolute Gasteiger partial charge is 0.240 e. The van der Waals surface area contributed by atoms with Crippen molar-refractivity contribution in [3.8, 4) is 0 Å². The van der Waals surface area contributed by atoms with Crippen molar-refractivity contribution in [1.82, 2.24) is 4.72 Å². The topological polar surface area (TPSA) is 55.4 Å². The first-order valence-corrected chi connectivity index (χ1v) is 7.57. The van der Waals surface area contributed by atoms with E-state index in [0.29, 0.717) is 19.6 Å². The zero-order valence-electron chi connectivity index (χ0n) is 10.5. The van der Waals surface area contributed by atoms with Gasteiger partial charge in [-0.3, -0.25) is 0 Å². The van der Waals surface area contributed by atoms with Crippen LogP contribution in [0.25, 0.3) is 0 Å². The summed E-state index contributed by atoms with van der Waals surface area (Å²) in [5, 5.41) is -0.185. The van der Waals surface area contributed by atoms with Crippen molar-refractivity contribution in [3.63, 3.8) is 0 Å². The number of aryl methyl sites for hydroxylation is 1. The van der Waals surface area contributed by atoms with E-state index in [-0.39, 0.29) is 10.3 Å². The number of methoxy groups -OCH3 is 1. The highest BCUT2D eigenvalue weighted by Gasteiger charge is 2.13. The van der Waals surface area contributed by atoms with Crippen molar-refractivity contribution in [3.05, 3.63) is 29.8 Å². The van der Waals surface area contributed by atoms with Crippen LogP contribution in [-0.4, -0.2) is 34.1 Å². The average molecular weight is 292 g/mol. The summed E-state index contributed by atoms with van der Waals surface area (Å²) in [6.07, 6.45) is 0.528. The van der Waals surface area contributed by atoms with E-state index in [4.69, 9.17) is 16.3 Å². The van der Waals surface area contributed by atoms with Crippen LogP contribution in [0.2, 0.25) is 0 Å². The van der Waals surface area contributed by atoms with Gasteiger partial charge in [0.1, 0.15) is 0 Å². The monoisotopic (exact) mass is 291 g/mol. The van der Waals surface area contributed by atoms with Gasteiger partial charge in [-0.25, -0.2) is 13.1 Å². The van der Waals surface area contributed by atoms with Gasteiger partial charge in [0.05, 0.1) is 16.9 Å². The van der Waals surface area contributed by atoms with E-state index in [1.807, 2.05) is 6.92 Å². The Morgan fingerprint density at radius 3 is 2.50 bits per heavy atom. The van der Waals surface area contributed by atoms with Crippen molar-refractivity contribution < 1.29 is 13.2 Å². The number of rotatable bonds is 7. The number of hydrogen-bond donors (Lipinski definition) is 1. The minimum absolute atomic E-state index is 0.185. The Kier molecular flexibility index (Phi) is 6.08. The van der Waals surface area contributed by atoms with E-state index in [1.54, 1.807) is 31.4 Å². The molecule has 0 aliphatic carbocycles. The number of benzene rings is 1. The largest absolute Gasteiger partial charge is 0.383 e. The third kappa shape index (κ3) is 4.94. The second-order valence-electron chi connectivity index (χ2n) is 4.05. The molecule has 0 aliphatic rings. The Morgan fingerprint density at radius 2 is 1.94 bits per heavy atom. The van der Waals surface area contributed by atoms with Crippen LogP contribution < -0.4 is 4.72 Å². The summed E-state index contributed by atoms with van der Waals surface area (Å²) in [7, 11) is -1.88. The molecule has 0 aromatic heterocycles. The van der Waals surface area contributed by atoms with Crippen LogP contribution in [0.1, 0.15) is 12.0 Å². The van der Waals surface area contributed by atoms with Crippen LogP contribution >= 0.6 is 11.6 Å². The van der Waals surface area contributed by atoms with Gasteiger partial charge in [0.2, 0.25) is 10.0 Å². The Morgan fingerprint density at radius 1 is 1.33 bits per heavy atom.